The molecule has 2 N–H and O–H groups in total. The first kappa shape index (κ1) is 22.0. The van der Waals surface area contributed by atoms with Crippen molar-refractivity contribution >= 4 is 58.4 Å². The number of aliphatic imine (C=N–C) groups is 1. The van der Waals surface area contributed by atoms with E-state index in [1.807, 2.05) is 12.1 Å². The van der Waals surface area contributed by atoms with E-state index >= 15 is 0 Å². The average molecular weight is 429 g/mol. The predicted molar refractivity (Wildman–Crippen MR) is 119 cm³/mol. The molecule has 0 unspecified atom stereocenters. The summed E-state index contributed by atoms with van der Waals surface area (Å²) in [7, 11) is 2.14. The van der Waals surface area contributed by atoms with Gasteiger partial charge in [0.1, 0.15) is 10.8 Å². The van der Waals surface area contributed by atoms with Crippen molar-refractivity contribution < 1.29 is 5.11 Å². The molecule has 1 fully saturated rings. The topological polar surface area (TPSA) is 51.1 Å². The van der Waals surface area contributed by atoms with Crippen LogP contribution in [-0.4, -0.2) is 60.1 Å². The van der Waals surface area contributed by atoms with Crippen LogP contribution in [0, 0.1) is 6.92 Å². The molecule has 4 rings (SSSR count). The molecule has 2 aliphatic heterocycles. The van der Waals surface area contributed by atoms with E-state index in [1.165, 1.54) is 15.4 Å². The van der Waals surface area contributed by atoms with E-state index in [9.17, 15) is 5.11 Å². The number of nitrogens with one attached hydrogen (secondary N) is 1. The first-order valence-electron chi connectivity index (χ1n) is 8.77. The third kappa shape index (κ3) is 4.41. The molecule has 1 aromatic carbocycles. The first-order chi connectivity index (χ1) is 12.2. The molecule has 2 aromatic rings. The Balaban J connectivity index is 0.00000131. The lowest BCUT2D eigenvalue weighted by Gasteiger charge is -2.40. The first-order valence-corrected chi connectivity index (χ1v) is 9.59. The SMILES string of the molecule is Cc1cc2c(s1)Nc1ccccc1N=C2N1CCN(C)[C@@H](CCO)C1.Cl.Cl. The van der Waals surface area contributed by atoms with Gasteiger partial charge in [0.05, 0.1) is 16.9 Å². The number of likely N-dealkylation sites (N-methyl/N-ethyl adjacent to an activating group) is 1. The van der Waals surface area contributed by atoms with E-state index < -0.39 is 0 Å². The number of amidine groups is 1. The highest BCUT2D eigenvalue weighted by Crippen LogP contribution is 2.39. The van der Waals surface area contributed by atoms with Crippen LogP contribution in [0.5, 0.6) is 0 Å². The van der Waals surface area contributed by atoms with E-state index in [0.29, 0.717) is 6.04 Å². The van der Waals surface area contributed by atoms with Crippen LogP contribution in [0.2, 0.25) is 0 Å². The van der Waals surface area contributed by atoms with Gasteiger partial charge in [0.2, 0.25) is 0 Å². The summed E-state index contributed by atoms with van der Waals surface area (Å²) in [5.41, 5.74) is 3.23. The number of aliphatic hydroxyl groups excluding tert-OH is 1. The second-order valence-corrected chi connectivity index (χ2v) is 8.03. The lowest BCUT2D eigenvalue weighted by Crippen LogP contribution is -2.53. The summed E-state index contributed by atoms with van der Waals surface area (Å²) in [6.07, 6.45) is 0.796. The van der Waals surface area contributed by atoms with Gasteiger partial charge >= 0.3 is 0 Å². The minimum absolute atomic E-state index is 0. The third-order valence-corrected chi connectivity index (χ3v) is 5.98. The zero-order valence-electron chi connectivity index (χ0n) is 15.5. The zero-order valence-corrected chi connectivity index (χ0v) is 18.0. The normalized spacial score (nSPS) is 18.9. The zero-order chi connectivity index (χ0) is 17.4. The molecule has 0 amide bonds. The smallest absolute Gasteiger partial charge is 0.139 e. The van der Waals surface area contributed by atoms with E-state index in [0.717, 1.165) is 43.3 Å². The molecule has 27 heavy (non-hydrogen) atoms. The number of thiophene rings is 1. The number of rotatable bonds is 2. The maximum Gasteiger partial charge on any atom is 0.139 e. The Labute approximate surface area is 176 Å². The molecule has 0 spiro atoms. The minimum Gasteiger partial charge on any atom is -0.396 e. The van der Waals surface area contributed by atoms with Crippen LogP contribution in [0.15, 0.2) is 35.3 Å². The van der Waals surface area contributed by atoms with Crippen molar-refractivity contribution in [2.75, 3.05) is 38.6 Å². The van der Waals surface area contributed by atoms with Crippen molar-refractivity contribution in [1.29, 1.82) is 0 Å². The second-order valence-electron chi connectivity index (χ2n) is 6.77. The third-order valence-electron chi connectivity index (χ3n) is 5.01. The Morgan fingerprint density at radius 2 is 2.04 bits per heavy atom. The number of anilines is 2. The Morgan fingerprint density at radius 1 is 1.26 bits per heavy atom. The largest absolute Gasteiger partial charge is 0.396 e. The molecule has 0 saturated carbocycles. The molecule has 0 aliphatic carbocycles. The quantitative estimate of drug-likeness (QED) is 0.757. The highest BCUT2D eigenvalue weighted by atomic mass is 35.5. The molecular formula is C19H26Cl2N4OS. The van der Waals surface area contributed by atoms with Gasteiger partial charge in [-0.25, -0.2) is 4.99 Å². The second kappa shape index (κ2) is 9.26. The van der Waals surface area contributed by atoms with Gasteiger partial charge in [-0.2, -0.15) is 0 Å². The van der Waals surface area contributed by atoms with Crippen molar-refractivity contribution in [2.45, 2.75) is 19.4 Å². The predicted octanol–water partition coefficient (Wildman–Crippen LogP) is 4.03. The van der Waals surface area contributed by atoms with Gasteiger partial charge in [0.15, 0.2) is 0 Å². The van der Waals surface area contributed by atoms with E-state index in [4.69, 9.17) is 4.99 Å². The van der Waals surface area contributed by atoms with Crippen molar-refractivity contribution in [3.63, 3.8) is 0 Å². The van der Waals surface area contributed by atoms with Gasteiger partial charge in [-0.1, -0.05) is 12.1 Å². The van der Waals surface area contributed by atoms with Gasteiger partial charge in [0.25, 0.3) is 0 Å². The summed E-state index contributed by atoms with van der Waals surface area (Å²) in [5, 5.41) is 14.1. The number of fused-ring (bicyclic) bond motifs is 2. The van der Waals surface area contributed by atoms with Gasteiger partial charge in [-0.05, 0) is 38.6 Å². The number of nitrogens with zero attached hydrogens (tertiary/aromatic N) is 3. The minimum atomic E-state index is 0. The molecule has 1 saturated heterocycles. The number of hydrogen-bond donors (Lipinski definition) is 2. The van der Waals surface area contributed by atoms with Crippen LogP contribution in [0.4, 0.5) is 16.4 Å². The fourth-order valence-corrected chi connectivity index (χ4v) is 4.51. The molecule has 5 nitrogen and oxygen atoms in total. The van der Waals surface area contributed by atoms with Crippen LogP contribution in [0.1, 0.15) is 16.9 Å². The Bertz CT molecular complexity index is 811. The number of aliphatic hydroxyl groups is 1. The fraction of sp³-hybridized carbons (Fsp3) is 0.421. The lowest BCUT2D eigenvalue weighted by molar-refractivity contribution is 0.115. The standard InChI is InChI=1S/C19H24N4OS.2ClH/c1-13-11-15-18(23-9-8-22(2)14(12-23)7-10-24)20-16-5-3-4-6-17(16)21-19(15)25-13;;/h3-6,11,14,21,24H,7-10,12H2,1-2H3;2*1H/t14-;;/m0../s1. The fourth-order valence-electron chi connectivity index (χ4n) is 3.59. The van der Waals surface area contributed by atoms with E-state index in [-0.39, 0.29) is 31.4 Å². The monoisotopic (exact) mass is 428 g/mol. The highest BCUT2D eigenvalue weighted by Gasteiger charge is 2.29. The molecule has 3 heterocycles. The molecule has 0 bridgehead atoms. The number of piperazine rings is 1. The molecule has 1 atom stereocenters. The molecule has 0 radical (unpaired) electrons. The number of para-hydroxylation sites is 2. The van der Waals surface area contributed by atoms with Gasteiger partial charge in [-0.15, -0.1) is 36.2 Å². The van der Waals surface area contributed by atoms with E-state index in [2.05, 4.69) is 47.3 Å². The molecule has 148 valence electrons. The molecule has 1 aromatic heterocycles. The Morgan fingerprint density at radius 3 is 2.81 bits per heavy atom. The average Bonchev–Trinajstić information content (AvgIpc) is 2.89. The lowest BCUT2D eigenvalue weighted by atomic mass is 10.1. The molecule has 2 aliphatic rings. The van der Waals surface area contributed by atoms with Crippen LogP contribution in [0.3, 0.4) is 0 Å². The summed E-state index contributed by atoms with van der Waals surface area (Å²) in [5.74, 6) is 1.05. The van der Waals surface area contributed by atoms with Gasteiger partial charge < -0.3 is 15.3 Å². The van der Waals surface area contributed by atoms with Crippen LogP contribution >= 0.6 is 36.2 Å². The Kier molecular flexibility index (Phi) is 7.54. The summed E-state index contributed by atoms with van der Waals surface area (Å²) < 4.78 is 0. The summed E-state index contributed by atoms with van der Waals surface area (Å²) in [6, 6.07) is 10.8. The number of halogens is 2. The molecule has 8 heteroatoms. The summed E-state index contributed by atoms with van der Waals surface area (Å²) in [6.45, 7) is 5.20. The summed E-state index contributed by atoms with van der Waals surface area (Å²) >= 11 is 1.78. The van der Waals surface area contributed by atoms with Crippen molar-refractivity contribution in [2.24, 2.45) is 4.99 Å². The van der Waals surface area contributed by atoms with E-state index in [1.54, 1.807) is 11.3 Å². The Hall–Kier alpha value is -1.31. The van der Waals surface area contributed by atoms with Crippen molar-refractivity contribution in [3.05, 3.63) is 40.8 Å². The maximum atomic E-state index is 9.39. The van der Waals surface area contributed by atoms with Crippen LogP contribution < -0.4 is 5.32 Å². The number of hydrogen-bond acceptors (Lipinski definition) is 6. The van der Waals surface area contributed by atoms with Crippen molar-refractivity contribution in [3.8, 4) is 0 Å². The maximum absolute atomic E-state index is 9.39. The highest BCUT2D eigenvalue weighted by molar-refractivity contribution is 7.16. The summed E-state index contributed by atoms with van der Waals surface area (Å²) in [4.78, 5) is 11.1. The van der Waals surface area contributed by atoms with Crippen LogP contribution in [-0.2, 0) is 0 Å². The van der Waals surface area contributed by atoms with Crippen LogP contribution in [0.25, 0.3) is 0 Å². The van der Waals surface area contributed by atoms with Crippen molar-refractivity contribution in [1.82, 2.24) is 9.80 Å². The molecular weight excluding hydrogens is 403 g/mol. The van der Waals surface area contributed by atoms with Gasteiger partial charge in [-0.3, -0.25) is 4.90 Å². The number of aryl methyl sites for hydroxylation is 1. The van der Waals surface area contributed by atoms with Gasteiger partial charge in [0, 0.05) is 37.2 Å². The number of benzene rings is 1.